The molecule has 7 heteroatoms. The molecule has 5 nitrogen and oxygen atoms in total. The zero-order chi connectivity index (χ0) is 16.6. The molecule has 2 aromatic heterocycles. The van der Waals surface area contributed by atoms with Crippen LogP contribution < -0.4 is 10.9 Å². The number of aryl methyl sites for hydroxylation is 1. The van der Waals surface area contributed by atoms with E-state index in [9.17, 15) is 14.0 Å². The van der Waals surface area contributed by atoms with Crippen LogP contribution in [0.2, 0.25) is 5.02 Å². The minimum absolute atomic E-state index is 0.0157. The maximum atomic E-state index is 13.7. The summed E-state index contributed by atoms with van der Waals surface area (Å²) >= 11 is 5.88. The number of nitrogens with one attached hydrogen (secondary N) is 1. The van der Waals surface area contributed by atoms with Crippen LogP contribution in [-0.2, 0) is 0 Å². The predicted molar refractivity (Wildman–Crippen MR) is 85.6 cm³/mol. The third kappa shape index (κ3) is 2.80. The fourth-order valence-electron chi connectivity index (χ4n) is 2.19. The van der Waals surface area contributed by atoms with Crippen molar-refractivity contribution >= 4 is 28.8 Å². The quantitative estimate of drug-likeness (QED) is 0.785. The summed E-state index contributed by atoms with van der Waals surface area (Å²) in [5, 5.41) is 2.79. The van der Waals surface area contributed by atoms with Gasteiger partial charge in [-0.1, -0.05) is 23.7 Å². The van der Waals surface area contributed by atoms with Crippen LogP contribution in [0.25, 0.3) is 5.65 Å². The lowest BCUT2D eigenvalue weighted by Gasteiger charge is -2.10. The topological polar surface area (TPSA) is 63.5 Å². The summed E-state index contributed by atoms with van der Waals surface area (Å²) in [6, 6.07) is 8.73. The number of rotatable bonds is 2. The minimum atomic E-state index is -0.716. The van der Waals surface area contributed by atoms with Gasteiger partial charge in [0.05, 0.1) is 16.3 Å². The van der Waals surface area contributed by atoms with Gasteiger partial charge in [-0.3, -0.25) is 14.0 Å². The summed E-state index contributed by atoms with van der Waals surface area (Å²) in [7, 11) is 0. The summed E-state index contributed by atoms with van der Waals surface area (Å²) < 4.78 is 14.9. The number of anilines is 1. The van der Waals surface area contributed by atoms with Gasteiger partial charge in [0, 0.05) is 6.20 Å². The Labute approximate surface area is 135 Å². The van der Waals surface area contributed by atoms with E-state index in [2.05, 4.69) is 10.3 Å². The summed E-state index contributed by atoms with van der Waals surface area (Å²) in [4.78, 5) is 28.9. The fraction of sp³-hybridized carbons (Fsp3) is 0.0625. The number of benzene rings is 1. The second kappa shape index (κ2) is 5.81. The average Bonchev–Trinajstić information content (AvgIpc) is 2.52. The highest BCUT2D eigenvalue weighted by atomic mass is 35.5. The number of carbonyl (C=O) groups excluding carboxylic acids is 1. The number of fused-ring (bicyclic) bond motifs is 1. The minimum Gasteiger partial charge on any atom is -0.316 e. The number of amides is 1. The second-order valence-corrected chi connectivity index (χ2v) is 5.32. The van der Waals surface area contributed by atoms with Gasteiger partial charge < -0.3 is 5.32 Å². The highest BCUT2D eigenvalue weighted by Crippen LogP contribution is 2.14. The van der Waals surface area contributed by atoms with Crippen LogP contribution in [0, 0.1) is 12.7 Å². The molecular formula is C16H11ClFN3O2. The molecule has 0 aliphatic carbocycles. The van der Waals surface area contributed by atoms with Gasteiger partial charge in [-0.2, -0.15) is 0 Å². The Morgan fingerprint density at radius 2 is 2.00 bits per heavy atom. The molecule has 0 saturated heterocycles. The van der Waals surface area contributed by atoms with E-state index < -0.39 is 17.3 Å². The molecule has 23 heavy (non-hydrogen) atoms. The molecule has 3 rings (SSSR count). The Morgan fingerprint density at radius 1 is 1.26 bits per heavy atom. The SMILES string of the molecule is Cc1nc2ccc(Cl)cn2c(=O)c1NC(=O)c1ccccc1F. The largest absolute Gasteiger partial charge is 0.316 e. The third-order valence-corrected chi connectivity index (χ3v) is 3.55. The first kappa shape index (κ1) is 15.2. The van der Waals surface area contributed by atoms with Crippen LogP contribution in [0.1, 0.15) is 16.1 Å². The Morgan fingerprint density at radius 3 is 2.74 bits per heavy atom. The molecule has 0 unspecified atom stereocenters. The molecule has 0 aliphatic rings. The van der Waals surface area contributed by atoms with Gasteiger partial charge in [-0.05, 0) is 31.2 Å². The fourth-order valence-corrected chi connectivity index (χ4v) is 2.35. The van der Waals surface area contributed by atoms with Crippen LogP contribution in [0.15, 0.2) is 47.4 Å². The Balaban J connectivity index is 2.08. The molecular weight excluding hydrogens is 321 g/mol. The number of nitrogens with zero attached hydrogens (tertiary/aromatic N) is 2. The predicted octanol–water partition coefficient (Wildman–Crippen LogP) is 3.05. The van der Waals surface area contributed by atoms with Crippen molar-refractivity contribution in [3.05, 3.63) is 75.0 Å². The zero-order valence-electron chi connectivity index (χ0n) is 12.0. The first-order chi connectivity index (χ1) is 11.0. The van der Waals surface area contributed by atoms with E-state index in [1.165, 1.54) is 34.9 Å². The van der Waals surface area contributed by atoms with Crippen LogP contribution >= 0.6 is 11.6 Å². The summed E-state index contributed by atoms with van der Waals surface area (Å²) in [6.45, 7) is 1.59. The van der Waals surface area contributed by atoms with Crippen molar-refractivity contribution in [2.75, 3.05) is 5.32 Å². The third-order valence-electron chi connectivity index (χ3n) is 3.32. The van der Waals surface area contributed by atoms with Crippen molar-refractivity contribution in [3.63, 3.8) is 0 Å². The average molecular weight is 332 g/mol. The monoisotopic (exact) mass is 331 g/mol. The van der Waals surface area contributed by atoms with E-state index in [1.807, 2.05) is 0 Å². The highest BCUT2D eigenvalue weighted by Gasteiger charge is 2.16. The lowest BCUT2D eigenvalue weighted by molar-refractivity contribution is 0.102. The van der Waals surface area contributed by atoms with E-state index in [0.717, 1.165) is 0 Å². The lowest BCUT2D eigenvalue weighted by atomic mass is 10.2. The molecule has 1 aromatic carbocycles. The molecule has 1 N–H and O–H groups in total. The number of aromatic nitrogens is 2. The van der Waals surface area contributed by atoms with Crippen molar-refractivity contribution in [2.45, 2.75) is 6.92 Å². The molecule has 116 valence electrons. The zero-order valence-corrected chi connectivity index (χ0v) is 12.8. The van der Waals surface area contributed by atoms with Gasteiger partial charge in [0.25, 0.3) is 11.5 Å². The first-order valence-corrected chi connectivity index (χ1v) is 7.09. The molecule has 0 atom stereocenters. The molecule has 0 radical (unpaired) electrons. The molecule has 0 fully saturated rings. The Hall–Kier alpha value is -2.73. The molecule has 0 saturated carbocycles. The van der Waals surface area contributed by atoms with Crippen molar-refractivity contribution in [1.29, 1.82) is 0 Å². The smallest absolute Gasteiger partial charge is 0.281 e. The summed E-state index contributed by atoms with van der Waals surface area (Å²) in [5.74, 6) is -1.38. The van der Waals surface area contributed by atoms with Gasteiger partial charge in [0.2, 0.25) is 0 Å². The van der Waals surface area contributed by atoms with Gasteiger partial charge in [-0.25, -0.2) is 9.37 Å². The van der Waals surface area contributed by atoms with Gasteiger partial charge in [0.15, 0.2) is 0 Å². The number of hydrogen-bond acceptors (Lipinski definition) is 3. The van der Waals surface area contributed by atoms with Crippen LogP contribution in [-0.4, -0.2) is 15.3 Å². The molecule has 3 aromatic rings. The van der Waals surface area contributed by atoms with Gasteiger partial charge in [-0.15, -0.1) is 0 Å². The standard InChI is InChI=1S/C16H11ClFN3O2/c1-9-14(20-15(22)11-4-2-3-5-12(11)18)16(23)21-8-10(17)6-7-13(21)19-9/h2-8H,1H3,(H,20,22). The second-order valence-electron chi connectivity index (χ2n) is 4.89. The van der Waals surface area contributed by atoms with Crippen LogP contribution in [0.5, 0.6) is 0 Å². The molecule has 1 amide bonds. The van der Waals surface area contributed by atoms with Crippen LogP contribution in [0.3, 0.4) is 0 Å². The van der Waals surface area contributed by atoms with Crippen molar-refractivity contribution in [1.82, 2.24) is 9.38 Å². The van der Waals surface area contributed by atoms with E-state index in [-0.39, 0.29) is 11.3 Å². The number of halogens is 2. The van der Waals surface area contributed by atoms with E-state index in [1.54, 1.807) is 19.1 Å². The number of pyridine rings is 1. The molecule has 0 bridgehead atoms. The number of carbonyl (C=O) groups is 1. The van der Waals surface area contributed by atoms with Crippen molar-refractivity contribution in [2.24, 2.45) is 0 Å². The number of hydrogen-bond donors (Lipinski definition) is 1. The summed E-state index contributed by atoms with van der Waals surface area (Å²) in [5.41, 5.74) is 0.0861. The lowest BCUT2D eigenvalue weighted by Crippen LogP contribution is -2.25. The maximum absolute atomic E-state index is 13.7. The summed E-state index contributed by atoms with van der Waals surface area (Å²) in [6.07, 6.45) is 1.41. The Bertz CT molecular complexity index is 985. The Kier molecular flexibility index (Phi) is 3.83. The highest BCUT2D eigenvalue weighted by molar-refractivity contribution is 6.30. The van der Waals surface area contributed by atoms with Crippen molar-refractivity contribution < 1.29 is 9.18 Å². The molecule has 0 spiro atoms. The van der Waals surface area contributed by atoms with Crippen LogP contribution in [0.4, 0.5) is 10.1 Å². The normalized spacial score (nSPS) is 10.7. The van der Waals surface area contributed by atoms with E-state index in [4.69, 9.17) is 11.6 Å². The van der Waals surface area contributed by atoms with Gasteiger partial charge >= 0.3 is 0 Å². The molecule has 2 heterocycles. The van der Waals surface area contributed by atoms with Gasteiger partial charge in [0.1, 0.15) is 17.2 Å². The first-order valence-electron chi connectivity index (χ1n) is 6.72. The van der Waals surface area contributed by atoms with Crippen molar-refractivity contribution in [3.8, 4) is 0 Å². The maximum Gasteiger partial charge on any atom is 0.281 e. The van der Waals surface area contributed by atoms with E-state index >= 15 is 0 Å². The molecule has 0 aliphatic heterocycles. The van der Waals surface area contributed by atoms with E-state index in [0.29, 0.717) is 16.4 Å².